The van der Waals surface area contributed by atoms with Crippen molar-refractivity contribution in [3.05, 3.63) is 23.8 Å². The number of hydrogen-bond donors (Lipinski definition) is 1. The van der Waals surface area contributed by atoms with Crippen LogP contribution < -0.4 is 9.47 Å². The second-order valence-electron chi connectivity index (χ2n) is 6.70. The number of aliphatic carboxylic acids is 1. The molecule has 1 heterocycles. The summed E-state index contributed by atoms with van der Waals surface area (Å²) in [5.41, 5.74) is 0.530. The predicted molar refractivity (Wildman–Crippen MR) is 93.7 cm³/mol. The van der Waals surface area contributed by atoms with E-state index in [1.807, 2.05) is 11.8 Å². The Hall–Kier alpha value is -2.28. The molecule has 1 aliphatic carbocycles. The summed E-state index contributed by atoms with van der Waals surface area (Å²) in [6.45, 7) is 3.96. The first-order chi connectivity index (χ1) is 12.6. The number of ether oxygens (including phenoxy) is 3. The van der Waals surface area contributed by atoms with E-state index in [0.29, 0.717) is 48.8 Å². The first-order valence-electron chi connectivity index (χ1n) is 9.08. The van der Waals surface area contributed by atoms with E-state index in [0.717, 1.165) is 25.9 Å². The number of carbonyl (C=O) groups excluding carboxylic acids is 1. The van der Waals surface area contributed by atoms with Gasteiger partial charge in [0.2, 0.25) is 0 Å². The van der Waals surface area contributed by atoms with Crippen LogP contribution in [0.4, 0.5) is 0 Å². The lowest BCUT2D eigenvalue weighted by Gasteiger charge is -2.25. The van der Waals surface area contributed by atoms with Gasteiger partial charge >= 0.3 is 5.97 Å². The fourth-order valence-electron chi connectivity index (χ4n) is 3.12. The minimum absolute atomic E-state index is 0.0230. The Morgan fingerprint density at radius 3 is 2.65 bits per heavy atom. The zero-order valence-electron chi connectivity index (χ0n) is 15.0. The summed E-state index contributed by atoms with van der Waals surface area (Å²) in [6, 6.07) is 5.22. The zero-order valence-corrected chi connectivity index (χ0v) is 15.0. The van der Waals surface area contributed by atoms with Crippen molar-refractivity contribution in [1.29, 1.82) is 0 Å². The predicted octanol–water partition coefficient (Wildman–Crippen LogP) is 2.19. The number of benzene rings is 1. The van der Waals surface area contributed by atoms with Gasteiger partial charge in [-0.25, -0.2) is 4.79 Å². The van der Waals surface area contributed by atoms with E-state index < -0.39 is 12.6 Å². The number of hydrogen-bond acceptors (Lipinski definition) is 5. The highest BCUT2D eigenvalue weighted by atomic mass is 16.5. The average molecular weight is 363 g/mol. The summed E-state index contributed by atoms with van der Waals surface area (Å²) in [6.07, 6.45) is 3.07. The van der Waals surface area contributed by atoms with Gasteiger partial charge in [0.05, 0.1) is 13.2 Å². The highest BCUT2D eigenvalue weighted by molar-refractivity contribution is 5.95. The summed E-state index contributed by atoms with van der Waals surface area (Å²) in [5.74, 6) is 0.0213. The molecule has 1 unspecified atom stereocenters. The molecule has 26 heavy (non-hydrogen) atoms. The lowest BCUT2D eigenvalue weighted by molar-refractivity contribution is -0.139. The molecule has 0 spiro atoms. The molecule has 142 valence electrons. The van der Waals surface area contributed by atoms with Crippen LogP contribution in [-0.4, -0.2) is 60.9 Å². The molecule has 1 saturated carbocycles. The molecule has 0 bridgehead atoms. The maximum absolute atomic E-state index is 13.0. The van der Waals surface area contributed by atoms with Gasteiger partial charge in [0, 0.05) is 30.7 Å². The van der Waals surface area contributed by atoms with Crippen molar-refractivity contribution < 1.29 is 28.9 Å². The van der Waals surface area contributed by atoms with Crippen LogP contribution in [0.25, 0.3) is 0 Å². The molecule has 2 fully saturated rings. The van der Waals surface area contributed by atoms with Crippen molar-refractivity contribution in [2.24, 2.45) is 5.92 Å². The van der Waals surface area contributed by atoms with Gasteiger partial charge in [0.1, 0.15) is 0 Å². The summed E-state index contributed by atoms with van der Waals surface area (Å²) in [5, 5.41) is 8.78. The Labute approximate surface area is 152 Å². The molecule has 1 N–H and O–H groups in total. The molecule has 1 aliphatic heterocycles. The van der Waals surface area contributed by atoms with Crippen molar-refractivity contribution in [1.82, 2.24) is 4.90 Å². The number of carbonyl (C=O) groups is 2. The molecule has 7 nitrogen and oxygen atoms in total. The van der Waals surface area contributed by atoms with Crippen molar-refractivity contribution >= 4 is 11.9 Å². The number of amides is 1. The van der Waals surface area contributed by atoms with E-state index >= 15 is 0 Å². The molecular weight excluding hydrogens is 338 g/mol. The van der Waals surface area contributed by atoms with E-state index in [9.17, 15) is 9.59 Å². The SMILES string of the molecule is CCOc1cc(C(=O)N(CC2CCOC2)C2CC2)ccc1OCC(=O)O. The molecule has 0 aromatic heterocycles. The average Bonchev–Trinajstić information content (AvgIpc) is 3.34. The van der Waals surface area contributed by atoms with Crippen molar-refractivity contribution in [2.75, 3.05) is 33.0 Å². The third kappa shape index (κ3) is 4.66. The Bertz CT molecular complexity index is 651. The van der Waals surface area contributed by atoms with Gasteiger partial charge in [-0.3, -0.25) is 4.79 Å². The fourth-order valence-corrected chi connectivity index (χ4v) is 3.12. The van der Waals surface area contributed by atoms with Crippen LogP contribution >= 0.6 is 0 Å². The standard InChI is InChI=1S/C19H25NO6/c1-2-25-17-9-14(3-6-16(17)26-12-18(21)22)19(23)20(15-4-5-15)10-13-7-8-24-11-13/h3,6,9,13,15H,2,4-5,7-8,10-12H2,1H3,(H,21,22). The van der Waals surface area contributed by atoms with Gasteiger partial charge in [-0.1, -0.05) is 0 Å². The molecule has 1 aromatic rings. The lowest BCUT2D eigenvalue weighted by Crippen LogP contribution is -2.37. The number of carboxylic acid groups (broad SMARTS) is 1. The van der Waals surface area contributed by atoms with Crippen LogP contribution in [0.5, 0.6) is 11.5 Å². The summed E-state index contributed by atoms with van der Waals surface area (Å²) in [4.78, 5) is 25.7. The minimum atomic E-state index is -1.06. The van der Waals surface area contributed by atoms with Crippen molar-refractivity contribution in [3.63, 3.8) is 0 Å². The fraction of sp³-hybridized carbons (Fsp3) is 0.579. The third-order valence-electron chi connectivity index (χ3n) is 4.57. The van der Waals surface area contributed by atoms with E-state index in [2.05, 4.69) is 0 Å². The number of nitrogens with zero attached hydrogens (tertiary/aromatic N) is 1. The van der Waals surface area contributed by atoms with Gasteiger partial charge in [-0.15, -0.1) is 0 Å². The maximum Gasteiger partial charge on any atom is 0.341 e. The molecule has 1 amide bonds. The minimum Gasteiger partial charge on any atom is -0.490 e. The van der Waals surface area contributed by atoms with Crippen molar-refractivity contribution in [2.45, 2.75) is 32.2 Å². The molecule has 3 rings (SSSR count). The van der Waals surface area contributed by atoms with Gasteiger partial charge in [-0.2, -0.15) is 0 Å². The number of rotatable bonds is 9. The Morgan fingerprint density at radius 1 is 1.23 bits per heavy atom. The topological polar surface area (TPSA) is 85.3 Å². The van der Waals surface area contributed by atoms with Crippen LogP contribution in [0.3, 0.4) is 0 Å². The van der Waals surface area contributed by atoms with E-state index in [4.69, 9.17) is 19.3 Å². The highest BCUT2D eigenvalue weighted by Crippen LogP contribution is 2.33. The zero-order chi connectivity index (χ0) is 18.5. The monoisotopic (exact) mass is 363 g/mol. The molecular formula is C19H25NO6. The molecule has 1 saturated heterocycles. The Morgan fingerprint density at radius 2 is 2.04 bits per heavy atom. The normalized spacial score (nSPS) is 19.2. The molecule has 1 aromatic carbocycles. The first kappa shape index (κ1) is 18.5. The van der Waals surface area contributed by atoms with Gasteiger partial charge < -0.3 is 24.2 Å². The largest absolute Gasteiger partial charge is 0.490 e. The van der Waals surface area contributed by atoms with Gasteiger partial charge in [0.15, 0.2) is 18.1 Å². The molecule has 0 radical (unpaired) electrons. The van der Waals surface area contributed by atoms with E-state index in [1.165, 1.54) is 0 Å². The van der Waals surface area contributed by atoms with Crippen molar-refractivity contribution in [3.8, 4) is 11.5 Å². The Balaban J connectivity index is 1.75. The van der Waals surface area contributed by atoms with Crippen LogP contribution in [-0.2, 0) is 9.53 Å². The summed E-state index contributed by atoms with van der Waals surface area (Å²) in [7, 11) is 0. The number of carboxylic acids is 1. The van der Waals surface area contributed by atoms with Crippen LogP contribution in [0.15, 0.2) is 18.2 Å². The lowest BCUT2D eigenvalue weighted by atomic mass is 10.1. The third-order valence-corrected chi connectivity index (χ3v) is 4.57. The first-order valence-corrected chi connectivity index (χ1v) is 9.08. The highest BCUT2D eigenvalue weighted by Gasteiger charge is 2.35. The van der Waals surface area contributed by atoms with Gasteiger partial charge in [-0.05, 0) is 44.4 Å². The molecule has 2 aliphatic rings. The quantitative estimate of drug-likeness (QED) is 0.724. The molecule has 1 atom stereocenters. The second kappa shape index (κ2) is 8.40. The maximum atomic E-state index is 13.0. The Kier molecular flexibility index (Phi) is 5.98. The van der Waals surface area contributed by atoms with Gasteiger partial charge in [0.25, 0.3) is 5.91 Å². The molecule has 7 heteroatoms. The van der Waals surface area contributed by atoms with E-state index in [-0.39, 0.29) is 5.91 Å². The van der Waals surface area contributed by atoms with Crippen LogP contribution in [0, 0.1) is 5.92 Å². The van der Waals surface area contributed by atoms with Crippen LogP contribution in [0.1, 0.15) is 36.5 Å². The van der Waals surface area contributed by atoms with E-state index in [1.54, 1.807) is 18.2 Å². The smallest absolute Gasteiger partial charge is 0.341 e. The summed E-state index contributed by atoms with van der Waals surface area (Å²) >= 11 is 0. The summed E-state index contributed by atoms with van der Waals surface area (Å²) < 4.78 is 16.2. The van der Waals surface area contributed by atoms with Crippen LogP contribution in [0.2, 0.25) is 0 Å². The second-order valence-corrected chi connectivity index (χ2v) is 6.70.